The van der Waals surface area contributed by atoms with E-state index in [-0.39, 0.29) is 38.3 Å². The fourth-order valence-corrected chi connectivity index (χ4v) is 6.08. The molecule has 1 amide bonds. The Kier molecular flexibility index (Phi) is 39.4. The van der Waals surface area contributed by atoms with Crippen molar-refractivity contribution in [2.24, 2.45) is 0 Å². The highest BCUT2D eigenvalue weighted by atomic mass is 16.6. The van der Waals surface area contributed by atoms with Crippen LogP contribution in [0, 0.1) is 0 Å². The first-order chi connectivity index (χ1) is 25.0. The molecule has 0 aliphatic carbocycles. The molecule has 1 unspecified atom stereocenters. The monoisotopic (exact) mass is 728 g/mol. The Balaban J connectivity index is 4.25. The topological polar surface area (TPSA) is 109 Å². The Morgan fingerprint density at radius 3 is 1.35 bits per heavy atom. The molecule has 0 aromatic carbocycles. The molecular weight excluding hydrogens is 646 g/mol. The third-order valence-corrected chi connectivity index (χ3v) is 9.33. The smallest absolute Gasteiger partial charge is 0.407 e. The van der Waals surface area contributed by atoms with E-state index in [1.165, 1.54) is 128 Å². The van der Waals surface area contributed by atoms with E-state index in [9.17, 15) is 14.4 Å². The molecule has 1 atom stereocenters. The molecule has 0 aliphatic heterocycles. The number of esters is 2. The number of rotatable bonds is 40. The van der Waals surface area contributed by atoms with Gasteiger partial charge in [0.1, 0.15) is 19.3 Å². The van der Waals surface area contributed by atoms with Gasteiger partial charge in [-0.05, 0) is 12.8 Å². The van der Waals surface area contributed by atoms with Crippen molar-refractivity contribution in [3.8, 4) is 0 Å². The maximum atomic E-state index is 12.7. The zero-order chi connectivity index (χ0) is 37.3. The number of methoxy groups -OCH3 is 1. The Hall–Kier alpha value is -1.87. The van der Waals surface area contributed by atoms with Gasteiger partial charge in [-0.1, -0.05) is 168 Å². The highest BCUT2D eigenvalue weighted by Gasteiger charge is 2.18. The van der Waals surface area contributed by atoms with Gasteiger partial charge < -0.3 is 29.0 Å². The molecule has 1 N–H and O–H groups in total. The van der Waals surface area contributed by atoms with Gasteiger partial charge in [-0.2, -0.15) is 0 Å². The Labute approximate surface area is 313 Å². The Morgan fingerprint density at radius 2 is 0.902 bits per heavy atom. The standard InChI is InChI=1S/C42H81NO8/c1-4-6-8-10-12-14-16-18-20-22-24-26-28-30-40(44)50-38-39(32-33-43-42(46)49-37-36-48-35-34-47-3)51-41(45)31-29-27-25-23-21-19-17-15-13-11-9-7-5-2/h39H,4-38H2,1-3H3,(H,43,46). The van der Waals surface area contributed by atoms with Crippen LogP contribution in [-0.4, -0.2) is 70.8 Å². The maximum absolute atomic E-state index is 12.7. The van der Waals surface area contributed by atoms with Crippen LogP contribution in [0.3, 0.4) is 0 Å². The fraction of sp³-hybridized carbons (Fsp3) is 0.929. The molecule has 0 radical (unpaired) electrons. The lowest BCUT2D eigenvalue weighted by Crippen LogP contribution is -2.32. The highest BCUT2D eigenvalue weighted by molar-refractivity contribution is 5.70. The van der Waals surface area contributed by atoms with Gasteiger partial charge in [-0.3, -0.25) is 9.59 Å². The fourth-order valence-electron chi connectivity index (χ4n) is 6.08. The van der Waals surface area contributed by atoms with E-state index in [1.807, 2.05) is 0 Å². The second-order valence-electron chi connectivity index (χ2n) is 14.2. The van der Waals surface area contributed by atoms with Crippen LogP contribution in [0.5, 0.6) is 0 Å². The van der Waals surface area contributed by atoms with E-state index in [0.29, 0.717) is 32.5 Å². The molecule has 9 heteroatoms. The van der Waals surface area contributed by atoms with E-state index in [0.717, 1.165) is 38.5 Å². The predicted octanol–water partition coefficient (Wildman–Crippen LogP) is 11.2. The summed E-state index contributed by atoms with van der Waals surface area (Å²) in [6.07, 6.45) is 32.3. The average molecular weight is 728 g/mol. The van der Waals surface area contributed by atoms with Crippen LogP contribution in [0.2, 0.25) is 0 Å². The number of amides is 1. The summed E-state index contributed by atoms with van der Waals surface area (Å²) in [5, 5.41) is 2.68. The van der Waals surface area contributed by atoms with E-state index >= 15 is 0 Å². The van der Waals surface area contributed by atoms with Gasteiger partial charge in [0.05, 0.1) is 19.8 Å². The molecule has 0 spiro atoms. The predicted molar refractivity (Wildman–Crippen MR) is 208 cm³/mol. The summed E-state index contributed by atoms with van der Waals surface area (Å²) in [5.74, 6) is -0.553. The molecule has 0 saturated carbocycles. The first-order valence-corrected chi connectivity index (χ1v) is 21.4. The number of unbranched alkanes of at least 4 members (excludes halogenated alkanes) is 24. The minimum Gasteiger partial charge on any atom is -0.462 e. The summed E-state index contributed by atoms with van der Waals surface area (Å²) in [4.78, 5) is 37.2. The molecule has 9 nitrogen and oxygen atoms in total. The molecule has 0 heterocycles. The molecule has 302 valence electrons. The molecule has 0 bridgehead atoms. The first-order valence-electron chi connectivity index (χ1n) is 21.4. The van der Waals surface area contributed by atoms with Crippen molar-refractivity contribution < 1.29 is 38.1 Å². The summed E-state index contributed by atoms with van der Waals surface area (Å²) in [6.45, 7) is 6.07. The third-order valence-electron chi connectivity index (χ3n) is 9.33. The number of nitrogens with one attached hydrogen (secondary N) is 1. The van der Waals surface area contributed by atoms with Crippen LogP contribution in [0.15, 0.2) is 0 Å². The summed E-state index contributed by atoms with van der Waals surface area (Å²) >= 11 is 0. The van der Waals surface area contributed by atoms with Gasteiger partial charge in [0.25, 0.3) is 0 Å². The van der Waals surface area contributed by atoms with Crippen molar-refractivity contribution in [2.75, 3.05) is 46.7 Å². The van der Waals surface area contributed by atoms with Gasteiger partial charge >= 0.3 is 18.0 Å². The number of alkyl carbamates (subject to hydrolysis) is 1. The van der Waals surface area contributed by atoms with Crippen molar-refractivity contribution in [1.82, 2.24) is 5.32 Å². The lowest BCUT2D eigenvalue weighted by Gasteiger charge is -2.18. The second kappa shape index (κ2) is 40.9. The molecule has 0 fully saturated rings. The maximum Gasteiger partial charge on any atom is 0.407 e. The number of carbonyl (C=O) groups is 3. The normalized spacial score (nSPS) is 11.7. The van der Waals surface area contributed by atoms with E-state index in [4.69, 9.17) is 23.7 Å². The van der Waals surface area contributed by atoms with E-state index in [1.54, 1.807) is 7.11 Å². The van der Waals surface area contributed by atoms with Crippen molar-refractivity contribution in [2.45, 2.75) is 206 Å². The molecule has 51 heavy (non-hydrogen) atoms. The summed E-state index contributed by atoms with van der Waals surface area (Å²) < 4.78 is 26.6. The molecule has 0 saturated heterocycles. The molecule has 0 rings (SSSR count). The number of hydrogen-bond acceptors (Lipinski definition) is 8. The molecule has 0 aliphatic rings. The van der Waals surface area contributed by atoms with Crippen LogP contribution in [-0.2, 0) is 33.3 Å². The minimum atomic E-state index is -0.618. The number of carbonyl (C=O) groups excluding carboxylic acids is 3. The van der Waals surface area contributed by atoms with Crippen molar-refractivity contribution in [1.29, 1.82) is 0 Å². The summed E-state index contributed by atoms with van der Waals surface area (Å²) in [6, 6.07) is 0. The zero-order valence-electron chi connectivity index (χ0n) is 33.6. The van der Waals surface area contributed by atoms with Gasteiger partial charge in [-0.25, -0.2) is 4.79 Å². The second-order valence-corrected chi connectivity index (χ2v) is 14.2. The largest absolute Gasteiger partial charge is 0.462 e. The molecule has 0 aromatic rings. The zero-order valence-corrected chi connectivity index (χ0v) is 33.6. The van der Waals surface area contributed by atoms with Crippen LogP contribution in [0.1, 0.15) is 200 Å². The number of hydrogen-bond donors (Lipinski definition) is 1. The van der Waals surface area contributed by atoms with Crippen LogP contribution in [0.4, 0.5) is 4.79 Å². The van der Waals surface area contributed by atoms with Crippen LogP contribution >= 0.6 is 0 Å². The van der Waals surface area contributed by atoms with Crippen molar-refractivity contribution in [3.63, 3.8) is 0 Å². The highest BCUT2D eigenvalue weighted by Crippen LogP contribution is 2.15. The quantitative estimate of drug-likeness (QED) is 0.0377. The van der Waals surface area contributed by atoms with Gasteiger partial charge in [0.2, 0.25) is 0 Å². The summed E-state index contributed by atoms with van der Waals surface area (Å²) in [5.41, 5.74) is 0. The lowest BCUT2D eigenvalue weighted by atomic mass is 10.0. The average Bonchev–Trinajstić information content (AvgIpc) is 3.12. The van der Waals surface area contributed by atoms with Crippen LogP contribution in [0.25, 0.3) is 0 Å². The SMILES string of the molecule is CCCCCCCCCCCCCCCC(=O)OCC(CCNC(=O)OCCOCCOC)OC(=O)CCCCCCCCCCCCCCC. The first kappa shape index (κ1) is 49.1. The lowest BCUT2D eigenvalue weighted by molar-refractivity contribution is -0.159. The van der Waals surface area contributed by atoms with Gasteiger partial charge in [0.15, 0.2) is 0 Å². The Bertz CT molecular complexity index is 765. The molecule has 0 aromatic heterocycles. The van der Waals surface area contributed by atoms with Gasteiger partial charge in [-0.15, -0.1) is 0 Å². The van der Waals surface area contributed by atoms with Crippen molar-refractivity contribution >= 4 is 18.0 Å². The minimum absolute atomic E-state index is 0.00825. The third kappa shape index (κ3) is 39.2. The summed E-state index contributed by atoms with van der Waals surface area (Å²) in [7, 11) is 1.60. The van der Waals surface area contributed by atoms with Gasteiger partial charge in [0, 0.05) is 32.9 Å². The Morgan fingerprint density at radius 1 is 0.490 bits per heavy atom. The van der Waals surface area contributed by atoms with Crippen molar-refractivity contribution in [3.05, 3.63) is 0 Å². The number of ether oxygens (including phenoxy) is 5. The van der Waals surface area contributed by atoms with E-state index in [2.05, 4.69) is 19.2 Å². The molecular formula is C42H81NO8. The van der Waals surface area contributed by atoms with E-state index < -0.39 is 12.2 Å². The van der Waals surface area contributed by atoms with Crippen LogP contribution < -0.4 is 5.32 Å².